The molecular formula is C15H25N5O. The van der Waals surface area contributed by atoms with Gasteiger partial charge in [0, 0.05) is 32.7 Å². The molecule has 1 unspecified atom stereocenters. The first kappa shape index (κ1) is 14.4. The highest BCUT2D eigenvalue weighted by Gasteiger charge is 2.33. The zero-order chi connectivity index (χ0) is 15.0. The van der Waals surface area contributed by atoms with Crippen molar-refractivity contribution in [3.63, 3.8) is 0 Å². The van der Waals surface area contributed by atoms with Gasteiger partial charge >= 0.3 is 0 Å². The summed E-state index contributed by atoms with van der Waals surface area (Å²) in [5.74, 6) is 0.0347. The van der Waals surface area contributed by atoms with Crippen LogP contribution in [-0.2, 0) is 13.5 Å². The van der Waals surface area contributed by atoms with Gasteiger partial charge in [0.15, 0.2) is 0 Å². The average Bonchev–Trinajstić information content (AvgIpc) is 2.80. The van der Waals surface area contributed by atoms with E-state index < -0.39 is 0 Å². The van der Waals surface area contributed by atoms with Gasteiger partial charge in [0.25, 0.3) is 5.91 Å². The Morgan fingerprint density at radius 2 is 2.14 bits per heavy atom. The average molecular weight is 291 g/mol. The van der Waals surface area contributed by atoms with Crippen LogP contribution in [0.5, 0.6) is 0 Å². The number of carbonyl (C=O) groups is 1. The topological polar surface area (TPSA) is 67.4 Å². The third kappa shape index (κ3) is 2.52. The van der Waals surface area contributed by atoms with Crippen molar-refractivity contribution in [2.45, 2.75) is 38.6 Å². The predicted molar refractivity (Wildman–Crippen MR) is 82.1 cm³/mol. The Balaban J connectivity index is 1.78. The number of nitrogens with zero attached hydrogens (tertiary/aromatic N) is 4. The van der Waals surface area contributed by atoms with Crippen molar-refractivity contribution < 1.29 is 4.79 Å². The number of anilines is 1. The number of nitrogens with two attached hydrogens (primary N) is 1. The van der Waals surface area contributed by atoms with Crippen molar-refractivity contribution >= 4 is 11.6 Å². The molecule has 2 N–H and O–H groups in total. The summed E-state index contributed by atoms with van der Waals surface area (Å²) in [5.41, 5.74) is 8.03. The Hall–Kier alpha value is -1.56. The maximum absolute atomic E-state index is 12.8. The molecule has 0 radical (unpaired) electrons. The summed E-state index contributed by atoms with van der Waals surface area (Å²) in [6.45, 7) is 5.79. The fourth-order valence-electron chi connectivity index (χ4n) is 3.60. The fourth-order valence-corrected chi connectivity index (χ4v) is 3.60. The van der Waals surface area contributed by atoms with Gasteiger partial charge in [-0.3, -0.25) is 14.4 Å². The second-order valence-electron chi connectivity index (χ2n) is 6.12. The number of carbonyl (C=O) groups excluding carboxylic acids is 1. The standard InChI is InChI=1S/C15H25N5O/c1-3-12-13(16)14(18(2)17-12)15(21)20-9-8-19-7-5-4-6-11(19)10-20/h11H,3-10,16H2,1-2H3. The highest BCUT2D eigenvalue weighted by molar-refractivity contribution is 5.98. The van der Waals surface area contributed by atoms with E-state index in [9.17, 15) is 4.79 Å². The van der Waals surface area contributed by atoms with Gasteiger partial charge in [-0.2, -0.15) is 5.10 Å². The number of hydrogen-bond acceptors (Lipinski definition) is 4. The van der Waals surface area contributed by atoms with Crippen LogP contribution in [0.1, 0.15) is 42.4 Å². The first-order valence-corrected chi connectivity index (χ1v) is 7.96. The second kappa shape index (κ2) is 5.67. The normalized spacial score (nSPS) is 23.1. The molecule has 2 saturated heterocycles. The summed E-state index contributed by atoms with van der Waals surface area (Å²) in [7, 11) is 1.81. The summed E-state index contributed by atoms with van der Waals surface area (Å²) >= 11 is 0. The molecule has 6 heteroatoms. The van der Waals surface area contributed by atoms with Crippen molar-refractivity contribution in [1.29, 1.82) is 0 Å². The van der Waals surface area contributed by atoms with E-state index in [4.69, 9.17) is 5.73 Å². The number of amides is 1. The molecule has 0 aliphatic carbocycles. The van der Waals surface area contributed by atoms with E-state index >= 15 is 0 Å². The lowest BCUT2D eigenvalue weighted by Gasteiger charge is -2.44. The lowest BCUT2D eigenvalue weighted by Crippen LogP contribution is -2.56. The van der Waals surface area contributed by atoms with Crippen LogP contribution < -0.4 is 5.73 Å². The number of aryl methyl sites for hydroxylation is 2. The monoisotopic (exact) mass is 291 g/mol. The van der Waals surface area contributed by atoms with E-state index in [0.717, 1.165) is 31.7 Å². The number of hydrogen-bond donors (Lipinski definition) is 1. The molecule has 0 bridgehead atoms. The van der Waals surface area contributed by atoms with Crippen LogP contribution in [0, 0.1) is 0 Å². The Kier molecular flexibility index (Phi) is 3.89. The molecule has 3 rings (SSSR count). The van der Waals surface area contributed by atoms with Crippen molar-refractivity contribution in [2.75, 3.05) is 31.9 Å². The second-order valence-corrected chi connectivity index (χ2v) is 6.12. The Morgan fingerprint density at radius 1 is 1.33 bits per heavy atom. The van der Waals surface area contributed by atoms with E-state index in [1.807, 2.05) is 11.8 Å². The quantitative estimate of drug-likeness (QED) is 0.878. The van der Waals surface area contributed by atoms with Gasteiger partial charge in [-0.05, 0) is 25.8 Å². The molecule has 2 fully saturated rings. The Bertz CT molecular complexity index is 538. The van der Waals surface area contributed by atoms with Crippen LogP contribution in [0.4, 0.5) is 5.69 Å². The summed E-state index contributed by atoms with van der Waals surface area (Å²) in [6.07, 6.45) is 4.52. The molecule has 3 heterocycles. The van der Waals surface area contributed by atoms with Crippen LogP contribution in [-0.4, -0.2) is 57.7 Å². The van der Waals surface area contributed by atoms with Crippen molar-refractivity contribution in [3.8, 4) is 0 Å². The zero-order valence-corrected chi connectivity index (χ0v) is 13.0. The highest BCUT2D eigenvalue weighted by Crippen LogP contribution is 2.24. The van der Waals surface area contributed by atoms with Gasteiger partial charge in [0.05, 0.1) is 11.4 Å². The maximum Gasteiger partial charge on any atom is 0.274 e. The number of piperidine rings is 1. The van der Waals surface area contributed by atoms with E-state index in [0.29, 0.717) is 17.4 Å². The molecule has 0 spiro atoms. The number of piperazine rings is 1. The molecule has 1 aromatic rings. The van der Waals surface area contributed by atoms with Gasteiger partial charge in [-0.15, -0.1) is 0 Å². The summed E-state index contributed by atoms with van der Waals surface area (Å²) in [5, 5.41) is 4.36. The molecule has 21 heavy (non-hydrogen) atoms. The minimum Gasteiger partial charge on any atom is -0.395 e. The van der Waals surface area contributed by atoms with Crippen LogP contribution in [0.3, 0.4) is 0 Å². The van der Waals surface area contributed by atoms with E-state index in [1.165, 1.54) is 25.8 Å². The van der Waals surface area contributed by atoms with Crippen LogP contribution in [0.25, 0.3) is 0 Å². The van der Waals surface area contributed by atoms with Crippen molar-refractivity contribution in [2.24, 2.45) is 7.05 Å². The molecule has 1 aromatic heterocycles. The van der Waals surface area contributed by atoms with Crippen molar-refractivity contribution in [3.05, 3.63) is 11.4 Å². The third-order valence-corrected chi connectivity index (χ3v) is 4.82. The van der Waals surface area contributed by atoms with Gasteiger partial charge in [0.1, 0.15) is 5.69 Å². The van der Waals surface area contributed by atoms with Gasteiger partial charge in [-0.25, -0.2) is 0 Å². The first-order chi connectivity index (χ1) is 10.1. The minimum atomic E-state index is 0.0347. The lowest BCUT2D eigenvalue weighted by atomic mass is 9.99. The van der Waals surface area contributed by atoms with Crippen LogP contribution >= 0.6 is 0 Å². The molecule has 1 atom stereocenters. The summed E-state index contributed by atoms with van der Waals surface area (Å²) in [6, 6.07) is 0.525. The number of fused-ring (bicyclic) bond motifs is 1. The van der Waals surface area contributed by atoms with E-state index in [2.05, 4.69) is 10.00 Å². The fraction of sp³-hybridized carbons (Fsp3) is 0.733. The van der Waals surface area contributed by atoms with E-state index in [-0.39, 0.29) is 5.91 Å². The number of aromatic nitrogens is 2. The summed E-state index contributed by atoms with van der Waals surface area (Å²) < 4.78 is 1.64. The molecule has 2 aliphatic rings. The SMILES string of the molecule is CCc1nn(C)c(C(=O)N2CCN3CCCCC3C2)c1N. The molecular weight excluding hydrogens is 266 g/mol. The number of nitrogen functional groups attached to an aromatic ring is 1. The van der Waals surface area contributed by atoms with Gasteiger partial charge in [-0.1, -0.05) is 13.3 Å². The molecule has 0 aromatic carbocycles. The molecule has 1 amide bonds. The van der Waals surface area contributed by atoms with Crippen LogP contribution in [0.15, 0.2) is 0 Å². The lowest BCUT2D eigenvalue weighted by molar-refractivity contribution is 0.0365. The smallest absolute Gasteiger partial charge is 0.274 e. The third-order valence-electron chi connectivity index (χ3n) is 4.82. The largest absolute Gasteiger partial charge is 0.395 e. The number of rotatable bonds is 2. The molecule has 116 valence electrons. The maximum atomic E-state index is 12.8. The molecule has 0 saturated carbocycles. The van der Waals surface area contributed by atoms with Crippen LogP contribution in [0.2, 0.25) is 0 Å². The molecule has 6 nitrogen and oxygen atoms in total. The van der Waals surface area contributed by atoms with Gasteiger partial charge in [0.2, 0.25) is 0 Å². The molecule has 2 aliphatic heterocycles. The zero-order valence-electron chi connectivity index (χ0n) is 13.0. The minimum absolute atomic E-state index is 0.0347. The first-order valence-electron chi connectivity index (χ1n) is 7.96. The summed E-state index contributed by atoms with van der Waals surface area (Å²) in [4.78, 5) is 17.3. The van der Waals surface area contributed by atoms with Crippen molar-refractivity contribution in [1.82, 2.24) is 19.6 Å². The van der Waals surface area contributed by atoms with Gasteiger partial charge < -0.3 is 10.6 Å². The van der Waals surface area contributed by atoms with E-state index in [1.54, 1.807) is 11.7 Å². The highest BCUT2D eigenvalue weighted by atomic mass is 16.2. The predicted octanol–water partition coefficient (Wildman–Crippen LogP) is 0.875. The Labute approximate surface area is 125 Å². The Morgan fingerprint density at radius 3 is 2.86 bits per heavy atom.